The summed E-state index contributed by atoms with van der Waals surface area (Å²) in [7, 11) is 0. The summed E-state index contributed by atoms with van der Waals surface area (Å²) >= 11 is 1.61. The van der Waals surface area contributed by atoms with Crippen LogP contribution in [0.25, 0.3) is 0 Å². The van der Waals surface area contributed by atoms with Crippen LogP contribution in [0.1, 0.15) is 28.8 Å². The molecule has 1 aliphatic heterocycles. The summed E-state index contributed by atoms with van der Waals surface area (Å²) < 4.78 is 0. The summed E-state index contributed by atoms with van der Waals surface area (Å²) in [4.78, 5) is 38.0. The van der Waals surface area contributed by atoms with E-state index >= 15 is 0 Å². The Morgan fingerprint density at radius 2 is 1.76 bits per heavy atom. The topological polar surface area (TPSA) is 66.5 Å². The van der Waals surface area contributed by atoms with E-state index in [1.807, 2.05) is 30.5 Å². The van der Waals surface area contributed by atoms with Crippen LogP contribution in [0.2, 0.25) is 0 Å². The molecule has 0 aromatic heterocycles. The highest BCUT2D eigenvalue weighted by Gasteiger charge is 2.28. The van der Waals surface area contributed by atoms with E-state index in [9.17, 15) is 14.4 Å². The van der Waals surface area contributed by atoms with Gasteiger partial charge in [0, 0.05) is 29.0 Å². The molecule has 3 amide bonds. The quantitative estimate of drug-likeness (QED) is 0.661. The SMILES string of the molecule is CSc1cccc(NC(=O)c2ccc(CN3C(=O)CCC3=O)cc2)c1. The molecule has 3 rings (SSSR count). The van der Waals surface area contributed by atoms with Crippen LogP contribution in [0.4, 0.5) is 5.69 Å². The maximum atomic E-state index is 12.3. The number of carbonyl (C=O) groups is 3. The van der Waals surface area contributed by atoms with Gasteiger partial charge in [-0.3, -0.25) is 19.3 Å². The fraction of sp³-hybridized carbons (Fsp3) is 0.211. The zero-order chi connectivity index (χ0) is 17.8. The molecular weight excluding hydrogens is 336 g/mol. The Morgan fingerprint density at radius 1 is 1.08 bits per heavy atom. The highest BCUT2D eigenvalue weighted by atomic mass is 32.2. The van der Waals surface area contributed by atoms with Crippen LogP contribution in [0, 0.1) is 0 Å². The molecule has 25 heavy (non-hydrogen) atoms. The van der Waals surface area contributed by atoms with Gasteiger partial charge in [-0.2, -0.15) is 0 Å². The number of benzene rings is 2. The number of anilines is 1. The fourth-order valence-corrected chi connectivity index (χ4v) is 3.11. The fourth-order valence-electron chi connectivity index (χ4n) is 2.65. The predicted molar refractivity (Wildman–Crippen MR) is 97.4 cm³/mol. The molecule has 0 saturated carbocycles. The lowest BCUT2D eigenvalue weighted by Crippen LogP contribution is -2.28. The summed E-state index contributed by atoms with van der Waals surface area (Å²) in [6, 6.07) is 14.6. The van der Waals surface area contributed by atoms with E-state index < -0.39 is 0 Å². The van der Waals surface area contributed by atoms with Gasteiger partial charge in [0.1, 0.15) is 0 Å². The van der Waals surface area contributed by atoms with Gasteiger partial charge in [-0.15, -0.1) is 11.8 Å². The van der Waals surface area contributed by atoms with E-state index in [-0.39, 0.29) is 37.1 Å². The number of nitrogens with one attached hydrogen (secondary N) is 1. The van der Waals surface area contributed by atoms with Crippen molar-refractivity contribution in [2.24, 2.45) is 0 Å². The van der Waals surface area contributed by atoms with Gasteiger partial charge in [-0.25, -0.2) is 0 Å². The van der Waals surface area contributed by atoms with E-state index in [0.717, 1.165) is 16.1 Å². The van der Waals surface area contributed by atoms with Gasteiger partial charge >= 0.3 is 0 Å². The molecule has 1 N–H and O–H groups in total. The number of likely N-dealkylation sites (tertiary alicyclic amines) is 1. The number of hydrogen-bond acceptors (Lipinski definition) is 4. The monoisotopic (exact) mass is 354 g/mol. The van der Waals surface area contributed by atoms with Crippen molar-refractivity contribution in [1.82, 2.24) is 4.90 Å². The lowest BCUT2D eigenvalue weighted by atomic mass is 10.1. The maximum absolute atomic E-state index is 12.3. The van der Waals surface area contributed by atoms with Crippen molar-refractivity contribution < 1.29 is 14.4 Å². The third kappa shape index (κ3) is 4.09. The standard InChI is InChI=1S/C19H18N2O3S/c1-25-16-4-2-3-15(11-16)20-19(24)14-7-5-13(6-8-14)12-21-17(22)9-10-18(21)23/h2-8,11H,9-10,12H2,1H3,(H,20,24). The van der Waals surface area contributed by atoms with Crippen molar-refractivity contribution in [1.29, 1.82) is 0 Å². The third-order valence-electron chi connectivity index (χ3n) is 4.04. The van der Waals surface area contributed by atoms with Crippen molar-refractivity contribution in [2.45, 2.75) is 24.3 Å². The second kappa shape index (κ2) is 7.53. The van der Waals surface area contributed by atoms with E-state index in [0.29, 0.717) is 5.56 Å². The average Bonchev–Trinajstić information content (AvgIpc) is 2.94. The van der Waals surface area contributed by atoms with Crippen molar-refractivity contribution in [3.8, 4) is 0 Å². The second-order valence-electron chi connectivity index (χ2n) is 5.76. The molecule has 6 heteroatoms. The molecule has 0 radical (unpaired) electrons. The maximum Gasteiger partial charge on any atom is 0.255 e. The predicted octanol–water partition coefficient (Wildman–Crippen LogP) is 3.31. The Balaban J connectivity index is 1.66. The van der Waals surface area contributed by atoms with Crippen molar-refractivity contribution in [2.75, 3.05) is 11.6 Å². The Kier molecular flexibility index (Phi) is 5.19. The molecule has 0 spiro atoms. The Labute approximate surface area is 150 Å². The summed E-state index contributed by atoms with van der Waals surface area (Å²) in [5, 5.41) is 2.87. The van der Waals surface area contributed by atoms with E-state index in [1.165, 1.54) is 4.90 Å². The number of carbonyl (C=O) groups excluding carboxylic acids is 3. The van der Waals surface area contributed by atoms with E-state index in [4.69, 9.17) is 0 Å². The molecule has 128 valence electrons. The van der Waals surface area contributed by atoms with Crippen molar-refractivity contribution in [3.63, 3.8) is 0 Å². The van der Waals surface area contributed by atoms with Gasteiger partial charge in [0.25, 0.3) is 5.91 Å². The number of rotatable bonds is 5. The van der Waals surface area contributed by atoms with Gasteiger partial charge in [0.05, 0.1) is 6.54 Å². The Bertz CT molecular complexity index is 802. The van der Waals surface area contributed by atoms with Gasteiger partial charge in [0.15, 0.2) is 0 Å². The lowest BCUT2D eigenvalue weighted by Gasteiger charge is -2.14. The van der Waals surface area contributed by atoms with Crippen LogP contribution in [-0.4, -0.2) is 28.9 Å². The Morgan fingerprint density at radius 3 is 2.40 bits per heavy atom. The summed E-state index contributed by atoms with van der Waals surface area (Å²) in [5.41, 5.74) is 2.09. The van der Waals surface area contributed by atoms with Crippen LogP contribution in [0.15, 0.2) is 53.4 Å². The number of nitrogens with zero attached hydrogens (tertiary/aromatic N) is 1. The van der Waals surface area contributed by atoms with E-state index in [2.05, 4.69) is 5.32 Å². The first-order chi connectivity index (χ1) is 12.1. The molecule has 1 fully saturated rings. The molecule has 5 nitrogen and oxygen atoms in total. The molecule has 0 unspecified atom stereocenters. The van der Waals surface area contributed by atoms with Crippen LogP contribution in [0.3, 0.4) is 0 Å². The molecule has 1 heterocycles. The molecule has 1 aliphatic rings. The zero-order valence-electron chi connectivity index (χ0n) is 13.8. The number of thioether (sulfide) groups is 1. The lowest BCUT2D eigenvalue weighted by molar-refractivity contribution is -0.139. The molecule has 2 aromatic rings. The molecule has 0 bridgehead atoms. The largest absolute Gasteiger partial charge is 0.322 e. The number of amides is 3. The normalized spacial score (nSPS) is 14.0. The van der Waals surface area contributed by atoms with Crippen LogP contribution in [0.5, 0.6) is 0 Å². The van der Waals surface area contributed by atoms with Gasteiger partial charge in [-0.1, -0.05) is 18.2 Å². The van der Waals surface area contributed by atoms with Crippen LogP contribution >= 0.6 is 11.8 Å². The van der Waals surface area contributed by atoms with Crippen LogP contribution in [-0.2, 0) is 16.1 Å². The Hall–Kier alpha value is -2.60. The van der Waals surface area contributed by atoms with E-state index in [1.54, 1.807) is 36.0 Å². The number of hydrogen-bond donors (Lipinski definition) is 1. The van der Waals surface area contributed by atoms with Crippen molar-refractivity contribution in [3.05, 3.63) is 59.7 Å². The average molecular weight is 354 g/mol. The summed E-state index contributed by atoms with van der Waals surface area (Å²) in [5.74, 6) is -0.473. The smallest absolute Gasteiger partial charge is 0.255 e. The summed E-state index contributed by atoms with van der Waals surface area (Å²) in [6.07, 6.45) is 2.55. The first-order valence-corrected chi connectivity index (χ1v) is 9.17. The molecular formula is C19H18N2O3S. The highest BCUT2D eigenvalue weighted by Crippen LogP contribution is 2.20. The van der Waals surface area contributed by atoms with Crippen LogP contribution < -0.4 is 5.32 Å². The first kappa shape index (κ1) is 17.2. The minimum Gasteiger partial charge on any atom is -0.322 e. The zero-order valence-corrected chi connectivity index (χ0v) is 14.6. The number of imide groups is 1. The second-order valence-corrected chi connectivity index (χ2v) is 6.64. The first-order valence-electron chi connectivity index (χ1n) is 7.94. The minimum absolute atomic E-state index is 0.138. The van der Waals surface area contributed by atoms with Gasteiger partial charge in [0.2, 0.25) is 11.8 Å². The third-order valence-corrected chi connectivity index (χ3v) is 4.76. The molecule has 0 aliphatic carbocycles. The minimum atomic E-state index is -0.196. The van der Waals surface area contributed by atoms with Gasteiger partial charge < -0.3 is 5.32 Å². The summed E-state index contributed by atoms with van der Waals surface area (Å²) in [6.45, 7) is 0.259. The molecule has 2 aromatic carbocycles. The molecule has 1 saturated heterocycles. The highest BCUT2D eigenvalue weighted by molar-refractivity contribution is 7.98. The van der Waals surface area contributed by atoms with Crippen molar-refractivity contribution >= 4 is 35.2 Å². The molecule has 0 atom stereocenters. The van der Waals surface area contributed by atoms with Gasteiger partial charge in [-0.05, 0) is 42.2 Å².